The summed E-state index contributed by atoms with van der Waals surface area (Å²) in [4.78, 5) is 15.7. The Morgan fingerprint density at radius 2 is 2.22 bits per heavy atom. The summed E-state index contributed by atoms with van der Waals surface area (Å²) in [7, 11) is 0. The van der Waals surface area contributed by atoms with E-state index in [4.69, 9.17) is 5.73 Å². The number of carbonyl (C=O) groups excluding carboxylic acids is 1. The first-order valence-electron chi connectivity index (χ1n) is 6.46. The molecule has 1 aliphatic heterocycles. The first kappa shape index (κ1) is 11.4. The van der Waals surface area contributed by atoms with Gasteiger partial charge in [-0.2, -0.15) is 0 Å². The second kappa shape index (κ2) is 4.53. The van der Waals surface area contributed by atoms with Crippen molar-refractivity contribution in [1.29, 1.82) is 0 Å². The van der Waals surface area contributed by atoms with Crippen molar-refractivity contribution in [3.05, 3.63) is 35.2 Å². The number of amides is 1. The zero-order chi connectivity index (χ0) is 12.5. The molecule has 0 spiro atoms. The minimum Gasteiger partial charge on any atom is -0.364 e. The highest BCUT2D eigenvalue weighted by Crippen LogP contribution is 2.42. The predicted octanol–water partition coefficient (Wildman–Crippen LogP) is 1.43. The van der Waals surface area contributed by atoms with Gasteiger partial charge in [0, 0.05) is 12.5 Å². The molecule has 0 bridgehead atoms. The Bertz CT molecular complexity index is 518. The molecule has 4 nitrogen and oxygen atoms in total. The van der Waals surface area contributed by atoms with Crippen LogP contribution in [0.5, 0.6) is 0 Å². The van der Waals surface area contributed by atoms with E-state index in [-0.39, 0.29) is 0 Å². The second-order valence-corrected chi connectivity index (χ2v) is 4.95. The standard InChI is InChI=1S/C14H17N3O/c15-14(18)12-4-3-11(9-5-7-16-8-6-9)13(17-12)10-1-2-10/h3-5,10,16H,1-2,6-8H2,(H2,15,18). The zero-order valence-corrected chi connectivity index (χ0v) is 10.3. The van der Waals surface area contributed by atoms with Crippen molar-refractivity contribution in [1.82, 2.24) is 10.3 Å². The third-order valence-electron chi connectivity index (χ3n) is 3.55. The highest BCUT2D eigenvalue weighted by Gasteiger charge is 2.29. The van der Waals surface area contributed by atoms with Crippen molar-refractivity contribution in [2.24, 2.45) is 5.73 Å². The number of primary amides is 1. The fraction of sp³-hybridized carbons (Fsp3) is 0.429. The third-order valence-corrected chi connectivity index (χ3v) is 3.55. The smallest absolute Gasteiger partial charge is 0.267 e. The molecule has 0 radical (unpaired) electrons. The monoisotopic (exact) mass is 243 g/mol. The molecule has 1 aliphatic carbocycles. The summed E-state index contributed by atoms with van der Waals surface area (Å²) in [5.41, 5.74) is 9.32. The van der Waals surface area contributed by atoms with E-state index >= 15 is 0 Å². The maximum Gasteiger partial charge on any atom is 0.267 e. The van der Waals surface area contributed by atoms with E-state index in [0.29, 0.717) is 11.6 Å². The first-order chi connectivity index (χ1) is 8.75. The molecule has 1 aromatic heterocycles. The van der Waals surface area contributed by atoms with Crippen LogP contribution in [-0.2, 0) is 0 Å². The largest absolute Gasteiger partial charge is 0.364 e. The number of pyridine rings is 1. The summed E-state index contributed by atoms with van der Waals surface area (Å²) >= 11 is 0. The van der Waals surface area contributed by atoms with Crippen LogP contribution in [0.3, 0.4) is 0 Å². The summed E-state index contributed by atoms with van der Waals surface area (Å²) in [6, 6.07) is 3.75. The van der Waals surface area contributed by atoms with Crippen molar-refractivity contribution in [3.63, 3.8) is 0 Å². The molecule has 3 N–H and O–H groups in total. The molecular formula is C14H17N3O. The SMILES string of the molecule is NC(=O)c1ccc(C2=CCNCC2)c(C2CC2)n1. The van der Waals surface area contributed by atoms with Crippen molar-refractivity contribution in [3.8, 4) is 0 Å². The van der Waals surface area contributed by atoms with E-state index in [0.717, 1.165) is 25.2 Å². The minimum absolute atomic E-state index is 0.384. The van der Waals surface area contributed by atoms with Gasteiger partial charge in [0.15, 0.2) is 0 Å². The molecule has 94 valence electrons. The van der Waals surface area contributed by atoms with Gasteiger partial charge in [-0.15, -0.1) is 0 Å². The van der Waals surface area contributed by atoms with Crippen LogP contribution in [0.15, 0.2) is 18.2 Å². The molecule has 1 saturated carbocycles. The lowest BCUT2D eigenvalue weighted by Crippen LogP contribution is -2.21. The molecule has 0 aromatic carbocycles. The molecule has 2 heterocycles. The molecule has 0 unspecified atom stereocenters. The Hall–Kier alpha value is -1.68. The fourth-order valence-corrected chi connectivity index (χ4v) is 2.42. The van der Waals surface area contributed by atoms with Crippen LogP contribution in [-0.4, -0.2) is 24.0 Å². The van der Waals surface area contributed by atoms with E-state index < -0.39 is 5.91 Å². The van der Waals surface area contributed by atoms with Crippen LogP contribution in [0.4, 0.5) is 0 Å². The molecule has 0 atom stereocenters. The van der Waals surface area contributed by atoms with Gasteiger partial charge in [-0.05, 0) is 43.0 Å². The number of carbonyl (C=O) groups is 1. The van der Waals surface area contributed by atoms with Crippen LogP contribution >= 0.6 is 0 Å². The summed E-state index contributed by atoms with van der Waals surface area (Å²) in [5.74, 6) is 0.0813. The van der Waals surface area contributed by atoms with Gasteiger partial charge in [-0.3, -0.25) is 4.79 Å². The van der Waals surface area contributed by atoms with E-state index in [1.807, 2.05) is 6.07 Å². The number of hydrogen-bond donors (Lipinski definition) is 2. The number of hydrogen-bond acceptors (Lipinski definition) is 3. The summed E-state index contributed by atoms with van der Waals surface area (Å²) in [5, 5.41) is 3.31. The highest BCUT2D eigenvalue weighted by atomic mass is 16.1. The molecular weight excluding hydrogens is 226 g/mol. The molecule has 1 amide bonds. The van der Waals surface area contributed by atoms with E-state index in [2.05, 4.69) is 16.4 Å². The summed E-state index contributed by atoms with van der Waals surface area (Å²) < 4.78 is 0. The normalized spacial score (nSPS) is 19.4. The van der Waals surface area contributed by atoms with Crippen LogP contribution in [0, 0.1) is 0 Å². The van der Waals surface area contributed by atoms with Gasteiger partial charge in [-0.25, -0.2) is 4.98 Å². The molecule has 4 heteroatoms. The maximum atomic E-state index is 11.2. The summed E-state index contributed by atoms with van der Waals surface area (Å²) in [6.45, 7) is 1.92. The number of nitrogens with zero attached hydrogens (tertiary/aromatic N) is 1. The lowest BCUT2D eigenvalue weighted by Gasteiger charge is -2.17. The van der Waals surface area contributed by atoms with Crippen LogP contribution < -0.4 is 11.1 Å². The van der Waals surface area contributed by atoms with Crippen LogP contribution in [0.2, 0.25) is 0 Å². The highest BCUT2D eigenvalue weighted by molar-refractivity contribution is 5.91. The average Bonchev–Trinajstić information content (AvgIpc) is 3.23. The van der Waals surface area contributed by atoms with Crippen molar-refractivity contribution < 1.29 is 4.79 Å². The quantitative estimate of drug-likeness (QED) is 0.844. The molecule has 18 heavy (non-hydrogen) atoms. The second-order valence-electron chi connectivity index (χ2n) is 4.95. The van der Waals surface area contributed by atoms with Crippen molar-refractivity contribution in [2.75, 3.05) is 13.1 Å². The molecule has 1 aromatic rings. The first-order valence-corrected chi connectivity index (χ1v) is 6.46. The Morgan fingerprint density at radius 1 is 1.39 bits per heavy atom. The Morgan fingerprint density at radius 3 is 2.83 bits per heavy atom. The topological polar surface area (TPSA) is 68.0 Å². The summed E-state index contributed by atoms with van der Waals surface area (Å²) in [6.07, 6.45) is 5.59. The molecule has 3 rings (SSSR count). The van der Waals surface area contributed by atoms with Gasteiger partial charge in [0.25, 0.3) is 5.91 Å². The maximum absolute atomic E-state index is 11.2. The van der Waals surface area contributed by atoms with E-state index in [9.17, 15) is 4.79 Å². The Kier molecular flexibility index (Phi) is 2.88. The van der Waals surface area contributed by atoms with E-state index in [1.165, 1.54) is 24.0 Å². The average molecular weight is 243 g/mol. The van der Waals surface area contributed by atoms with Gasteiger partial charge in [-0.1, -0.05) is 12.1 Å². The van der Waals surface area contributed by atoms with Gasteiger partial charge < -0.3 is 11.1 Å². The molecule has 0 saturated heterocycles. The minimum atomic E-state index is -0.442. The van der Waals surface area contributed by atoms with Gasteiger partial charge >= 0.3 is 0 Å². The zero-order valence-electron chi connectivity index (χ0n) is 10.3. The number of nitrogens with one attached hydrogen (secondary N) is 1. The van der Waals surface area contributed by atoms with Gasteiger partial charge in [0.2, 0.25) is 0 Å². The molecule has 1 fully saturated rings. The number of rotatable bonds is 3. The molecule has 2 aliphatic rings. The van der Waals surface area contributed by atoms with Gasteiger partial charge in [0.1, 0.15) is 5.69 Å². The van der Waals surface area contributed by atoms with E-state index in [1.54, 1.807) is 6.07 Å². The van der Waals surface area contributed by atoms with Crippen LogP contribution in [0.25, 0.3) is 5.57 Å². The number of aromatic nitrogens is 1. The Labute approximate surface area is 106 Å². The third kappa shape index (κ3) is 2.16. The van der Waals surface area contributed by atoms with Crippen molar-refractivity contribution >= 4 is 11.5 Å². The van der Waals surface area contributed by atoms with Crippen molar-refractivity contribution in [2.45, 2.75) is 25.2 Å². The lowest BCUT2D eigenvalue weighted by molar-refractivity contribution is 0.0995. The Balaban J connectivity index is 2.02. The fourth-order valence-electron chi connectivity index (χ4n) is 2.42. The van der Waals surface area contributed by atoms with Gasteiger partial charge in [0.05, 0.1) is 5.69 Å². The number of nitrogens with two attached hydrogens (primary N) is 1. The van der Waals surface area contributed by atoms with Crippen LogP contribution in [0.1, 0.15) is 46.9 Å². The predicted molar refractivity (Wildman–Crippen MR) is 70.2 cm³/mol. The lowest BCUT2D eigenvalue weighted by atomic mass is 9.96.